The Hall–Kier alpha value is -0.0800. The van der Waals surface area contributed by atoms with E-state index in [1.807, 2.05) is 0 Å². The number of hydrogen-bond acceptors (Lipinski definition) is 0. The summed E-state index contributed by atoms with van der Waals surface area (Å²) in [5.74, 6) is 2.13. The second-order valence-electron chi connectivity index (χ2n) is 11.5. The van der Waals surface area contributed by atoms with Gasteiger partial charge < -0.3 is 8.97 Å². The van der Waals surface area contributed by atoms with Crippen LogP contribution in [-0.2, 0) is 0 Å². The van der Waals surface area contributed by atoms with Crippen LogP contribution in [0.3, 0.4) is 0 Å². The van der Waals surface area contributed by atoms with E-state index in [0.29, 0.717) is 0 Å². The summed E-state index contributed by atoms with van der Waals surface area (Å²) in [4.78, 5) is 0. The normalized spacial score (nSPS) is 28.7. The lowest BCUT2D eigenvalue weighted by Crippen LogP contribution is -2.51. The van der Waals surface area contributed by atoms with Crippen LogP contribution in [0.15, 0.2) is 0 Å². The highest BCUT2D eigenvalue weighted by atomic mass is 15.4. The predicted octanol–water partition coefficient (Wildman–Crippen LogP) is 6.15. The predicted molar refractivity (Wildman–Crippen MR) is 120 cm³/mol. The fourth-order valence-corrected chi connectivity index (χ4v) is 7.74. The standard InChI is InChI=1S/C26H50N2/c1-3-13-25(14-4-1)23-27(17-7-8-18-27)21-11-12-22-28(19-9-10-20-28)24-26-15-5-2-6-16-26/h25-26H,1-24H2/q+2. The quantitative estimate of drug-likeness (QED) is 0.327. The first-order valence-electron chi connectivity index (χ1n) is 13.5. The second kappa shape index (κ2) is 10.3. The van der Waals surface area contributed by atoms with Crippen LogP contribution in [0.5, 0.6) is 0 Å². The summed E-state index contributed by atoms with van der Waals surface area (Å²) in [5, 5.41) is 0. The molecule has 0 amide bonds. The number of likely N-dealkylation sites (tertiary alicyclic amines) is 2. The van der Waals surface area contributed by atoms with Gasteiger partial charge in [0.2, 0.25) is 0 Å². The van der Waals surface area contributed by atoms with E-state index >= 15 is 0 Å². The molecule has 4 rings (SSSR count). The van der Waals surface area contributed by atoms with Crippen molar-refractivity contribution in [2.24, 2.45) is 11.8 Å². The maximum atomic E-state index is 1.54. The lowest BCUT2D eigenvalue weighted by molar-refractivity contribution is -0.926. The van der Waals surface area contributed by atoms with Crippen LogP contribution in [0.25, 0.3) is 0 Å². The van der Waals surface area contributed by atoms with Crippen LogP contribution < -0.4 is 0 Å². The van der Waals surface area contributed by atoms with Crippen molar-refractivity contribution >= 4 is 0 Å². The van der Waals surface area contributed by atoms with Gasteiger partial charge in [-0.25, -0.2) is 0 Å². The third-order valence-corrected chi connectivity index (χ3v) is 9.29. The van der Waals surface area contributed by atoms with Crippen LogP contribution in [-0.4, -0.2) is 61.3 Å². The molecule has 2 saturated carbocycles. The summed E-state index contributed by atoms with van der Waals surface area (Å²) in [6.07, 6.45) is 24.3. The number of hydrogen-bond donors (Lipinski definition) is 0. The number of unbranched alkanes of at least 4 members (excludes halogenated alkanes) is 1. The first-order valence-corrected chi connectivity index (χ1v) is 13.5. The summed E-state index contributed by atoms with van der Waals surface area (Å²) in [7, 11) is 0. The molecule has 0 N–H and O–H groups in total. The van der Waals surface area contributed by atoms with E-state index in [1.54, 1.807) is 38.8 Å². The van der Waals surface area contributed by atoms with Gasteiger partial charge in [0, 0.05) is 50.4 Å². The van der Waals surface area contributed by atoms with Gasteiger partial charge in [0.1, 0.15) is 0 Å². The Morgan fingerprint density at radius 2 is 0.786 bits per heavy atom. The SMILES string of the molecule is C1CCC(C[N+]2(CCCC[N+]3(CC4CCCCC4)CCCC3)CCCC2)CC1. The summed E-state index contributed by atoms with van der Waals surface area (Å²) in [6.45, 7) is 12.2. The highest BCUT2D eigenvalue weighted by molar-refractivity contribution is 4.69. The van der Waals surface area contributed by atoms with Gasteiger partial charge in [-0.2, -0.15) is 0 Å². The maximum absolute atomic E-state index is 1.54. The largest absolute Gasteiger partial charge is 0.323 e. The van der Waals surface area contributed by atoms with E-state index in [9.17, 15) is 0 Å². The second-order valence-corrected chi connectivity index (χ2v) is 11.5. The molecule has 0 aromatic carbocycles. The van der Waals surface area contributed by atoms with E-state index in [-0.39, 0.29) is 0 Å². The molecule has 0 bridgehead atoms. The molecule has 0 aromatic heterocycles. The van der Waals surface area contributed by atoms with Crippen molar-refractivity contribution in [3.05, 3.63) is 0 Å². The molecule has 0 unspecified atom stereocenters. The topological polar surface area (TPSA) is 0 Å². The fourth-order valence-electron chi connectivity index (χ4n) is 7.74. The highest BCUT2D eigenvalue weighted by Crippen LogP contribution is 2.32. The molecule has 2 aliphatic carbocycles. The van der Waals surface area contributed by atoms with Crippen LogP contribution in [0.4, 0.5) is 0 Å². The molecule has 2 saturated heterocycles. The van der Waals surface area contributed by atoms with Gasteiger partial charge in [-0.3, -0.25) is 0 Å². The monoisotopic (exact) mass is 390 g/mol. The van der Waals surface area contributed by atoms with Crippen molar-refractivity contribution < 1.29 is 8.97 Å². The van der Waals surface area contributed by atoms with E-state index in [0.717, 1.165) is 11.8 Å². The molecule has 4 aliphatic rings. The number of rotatable bonds is 9. The van der Waals surface area contributed by atoms with Crippen molar-refractivity contribution in [1.29, 1.82) is 0 Å². The molecule has 28 heavy (non-hydrogen) atoms. The maximum Gasteiger partial charge on any atom is 0.0815 e. The summed E-state index contributed by atoms with van der Waals surface area (Å²) >= 11 is 0. The lowest BCUT2D eigenvalue weighted by Gasteiger charge is -2.40. The van der Waals surface area contributed by atoms with Crippen LogP contribution in [0.1, 0.15) is 103 Å². The molecule has 162 valence electrons. The molecule has 0 atom stereocenters. The minimum Gasteiger partial charge on any atom is -0.323 e. The first kappa shape index (κ1) is 21.2. The molecule has 2 nitrogen and oxygen atoms in total. The minimum atomic E-state index is 1.06. The highest BCUT2D eigenvalue weighted by Gasteiger charge is 2.37. The first-order chi connectivity index (χ1) is 13.8. The molecule has 2 heteroatoms. The lowest BCUT2D eigenvalue weighted by atomic mass is 9.88. The van der Waals surface area contributed by atoms with Crippen molar-refractivity contribution in [1.82, 2.24) is 0 Å². The van der Waals surface area contributed by atoms with E-state index < -0.39 is 0 Å². The molecule has 0 aromatic rings. The van der Waals surface area contributed by atoms with Gasteiger partial charge in [0.15, 0.2) is 0 Å². The van der Waals surface area contributed by atoms with Crippen LogP contribution in [0, 0.1) is 11.8 Å². The zero-order valence-electron chi connectivity index (χ0n) is 19.0. The Bertz CT molecular complexity index is 393. The van der Waals surface area contributed by atoms with Crippen molar-refractivity contribution in [3.63, 3.8) is 0 Å². The Morgan fingerprint density at radius 1 is 0.429 bits per heavy atom. The Labute approximate surface area is 176 Å². The molecule has 4 fully saturated rings. The Balaban J connectivity index is 1.24. The van der Waals surface area contributed by atoms with Crippen LogP contribution in [0.2, 0.25) is 0 Å². The summed E-state index contributed by atoms with van der Waals surface area (Å²) in [6, 6.07) is 0. The molecule has 0 spiro atoms. The number of quaternary nitrogens is 2. The Kier molecular flexibility index (Phi) is 7.78. The summed E-state index contributed by atoms with van der Waals surface area (Å²) < 4.78 is 3.04. The van der Waals surface area contributed by atoms with Gasteiger partial charge >= 0.3 is 0 Å². The average molecular weight is 391 g/mol. The van der Waals surface area contributed by atoms with Crippen molar-refractivity contribution in [2.45, 2.75) is 103 Å². The fraction of sp³-hybridized carbons (Fsp3) is 1.00. The molecule has 2 heterocycles. The van der Waals surface area contributed by atoms with E-state index in [4.69, 9.17) is 0 Å². The molecule has 0 radical (unpaired) electrons. The molecule has 2 aliphatic heterocycles. The minimum absolute atomic E-state index is 1.06. The smallest absolute Gasteiger partial charge is 0.0815 e. The van der Waals surface area contributed by atoms with Gasteiger partial charge in [-0.05, 0) is 25.7 Å². The van der Waals surface area contributed by atoms with Gasteiger partial charge in [0.25, 0.3) is 0 Å². The Morgan fingerprint density at radius 3 is 1.14 bits per heavy atom. The third-order valence-electron chi connectivity index (χ3n) is 9.29. The zero-order valence-corrected chi connectivity index (χ0v) is 19.0. The summed E-state index contributed by atoms with van der Waals surface area (Å²) in [5.41, 5.74) is 0. The third kappa shape index (κ3) is 5.75. The molecular weight excluding hydrogens is 340 g/mol. The van der Waals surface area contributed by atoms with Crippen molar-refractivity contribution in [2.75, 3.05) is 52.4 Å². The van der Waals surface area contributed by atoms with E-state index in [2.05, 4.69) is 0 Å². The zero-order chi connectivity index (χ0) is 19.1. The van der Waals surface area contributed by atoms with Gasteiger partial charge in [-0.15, -0.1) is 0 Å². The van der Waals surface area contributed by atoms with Crippen LogP contribution >= 0.6 is 0 Å². The van der Waals surface area contributed by atoms with Gasteiger partial charge in [-0.1, -0.05) is 38.5 Å². The van der Waals surface area contributed by atoms with Gasteiger partial charge in [0.05, 0.1) is 52.4 Å². The molecular formula is C26H50N2+2. The average Bonchev–Trinajstić information content (AvgIpc) is 3.38. The van der Waals surface area contributed by atoms with E-state index in [1.165, 1.54) is 125 Å². The number of nitrogens with zero attached hydrogens (tertiary/aromatic N) is 2. The van der Waals surface area contributed by atoms with Crippen molar-refractivity contribution in [3.8, 4) is 0 Å².